The van der Waals surface area contributed by atoms with Crippen molar-refractivity contribution in [2.24, 2.45) is 23.2 Å². The summed E-state index contributed by atoms with van der Waals surface area (Å²) in [5.74, 6) is 3.74. The van der Waals surface area contributed by atoms with Crippen LogP contribution in [0.2, 0.25) is 0 Å². The number of furan rings is 1. The summed E-state index contributed by atoms with van der Waals surface area (Å²) in [7, 11) is 0. The molecule has 1 aromatic heterocycles. The summed E-state index contributed by atoms with van der Waals surface area (Å²) in [5.41, 5.74) is 4.81. The Balaban J connectivity index is 1.84. The van der Waals surface area contributed by atoms with Crippen LogP contribution in [0.25, 0.3) is 0 Å². The third kappa shape index (κ3) is 0.851. The van der Waals surface area contributed by atoms with Gasteiger partial charge in [-0.1, -0.05) is 19.1 Å². The Morgan fingerprint density at radius 3 is 3.12 bits per heavy atom. The van der Waals surface area contributed by atoms with Crippen molar-refractivity contribution in [1.82, 2.24) is 0 Å². The van der Waals surface area contributed by atoms with E-state index in [2.05, 4.69) is 20.4 Å². The summed E-state index contributed by atoms with van der Waals surface area (Å²) < 4.78 is 5.73. The van der Waals surface area contributed by atoms with E-state index >= 15 is 0 Å². The van der Waals surface area contributed by atoms with Gasteiger partial charge in [0.05, 0.1) is 6.26 Å². The molecule has 1 heterocycles. The lowest BCUT2D eigenvalue weighted by atomic mass is 9.65. The highest BCUT2D eigenvalue weighted by Gasteiger charge is 2.63. The predicted molar refractivity (Wildman–Crippen MR) is 63.2 cm³/mol. The molecule has 1 aromatic rings. The van der Waals surface area contributed by atoms with E-state index in [-0.39, 0.29) is 0 Å². The van der Waals surface area contributed by atoms with Gasteiger partial charge in [0.25, 0.3) is 0 Å². The quantitative estimate of drug-likeness (QED) is 0.602. The van der Waals surface area contributed by atoms with Gasteiger partial charge in [-0.25, -0.2) is 0 Å². The Hall–Kier alpha value is -0.980. The molecule has 3 aliphatic rings. The zero-order valence-electron chi connectivity index (χ0n) is 10.0. The molecule has 4 atom stereocenters. The predicted octanol–water partition coefficient (Wildman–Crippen LogP) is 3.52. The summed E-state index contributed by atoms with van der Waals surface area (Å²) >= 11 is 0. The van der Waals surface area contributed by atoms with Gasteiger partial charge in [0, 0.05) is 6.42 Å². The highest BCUT2D eigenvalue weighted by Crippen LogP contribution is 2.69. The average Bonchev–Trinajstić information content (AvgIpc) is 2.94. The van der Waals surface area contributed by atoms with Crippen LogP contribution in [-0.2, 0) is 12.8 Å². The number of fused-ring (bicyclic) bond motifs is 4. The van der Waals surface area contributed by atoms with Crippen LogP contribution in [0.4, 0.5) is 0 Å². The summed E-state index contributed by atoms with van der Waals surface area (Å²) in [6.07, 6.45) is 5.64. The van der Waals surface area contributed by atoms with Crippen LogP contribution in [0.5, 0.6) is 0 Å². The topological polar surface area (TPSA) is 13.1 Å². The van der Waals surface area contributed by atoms with Crippen molar-refractivity contribution in [3.05, 3.63) is 35.3 Å². The fourth-order valence-corrected chi connectivity index (χ4v) is 4.39. The Labute approximate surface area is 96.5 Å². The van der Waals surface area contributed by atoms with E-state index in [0.717, 1.165) is 24.2 Å². The Morgan fingerprint density at radius 2 is 2.31 bits per heavy atom. The van der Waals surface area contributed by atoms with Crippen molar-refractivity contribution in [2.45, 2.75) is 33.1 Å². The minimum Gasteiger partial charge on any atom is -0.469 e. The molecule has 3 aliphatic carbocycles. The lowest BCUT2D eigenvalue weighted by molar-refractivity contribution is 0.174. The molecular weight excluding hydrogens is 196 g/mol. The second-order valence-corrected chi connectivity index (χ2v) is 6.28. The van der Waals surface area contributed by atoms with Crippen LogP contribution in [0.15, 0.2) is 22.8 Å². The number of rotatable bonds is 0. The zero-order valence-corrected chi connectivity index (χ0v) is 10.0. The number of allylic oxidation sites excluding steroid dienone is 1. The zero-order chi connectivity index (χ0) is 11.1. The largest absolute Gasteiger partial charge is 0.469 e. The minimum absolute atomic E-state index is 0.457. The van der Waals surface area contributed by atoms with Crippen molar-refractivity contribution >= 4 is 0 Å². The molecule has 0 spiro atoms. The lowest BCUT2D eigenvalue weighted by Gasteiger charge is -2.38. The van der Waals surface area contributed by atoms with Crippen molar-refractivity contribution < 1.29 is 4.42 Å². The molecule has 0 aliphatic heterocycles. The van der Waals surface area contributed by atoms with Crippen molar-refractivity contribution in [2.75, 3.05) is 0 Å². The van der Waals surface area contributed by atoms with Gasteiger partial charge in [-0.05, 0) is 54.1 Å². The molecule has 0 amide bonds. The molecule has 1 heteroatoms. The molecule has 0 aromatic carbocycles. The average molecular weight is 214 g/mol. The van der Waals surface area contributed by atoms with Crippen molar-refractivity contribution in [3.63, 3.8) is 0 Å². The molecule has 0 bridgehead atoms. The molecule has 0 N–H and O–H groups in total. The van der Waals surface area contributed by atoms with E-state index in [9.17, 15) is 0 Å². The third-order valence-corrected chi connectivity index (χ3v) is 5.50. The van der Waals surface area contributed by atoms with Gasteiger partial charge in [0.15, 0.2) is 0 Å². The van der Waals surface area contributed by atoms with Crippen LogP contribution in [0.1, 0.15) is 30.2 Å². The number of hydrogen-bond acceptors (Lipinski definition) is 1. The van der Waals surface area contributed by atoms with Crippen LogP contribution in [-0.4, -0.2) is 0 Å². The van der Waals surface area contributed by atoms with Gasteiger partial charge in [-0.2, -0.15) is 0 Å². The first-order valence-electron chi connectivity index (χ1n) is 6.36. The van der Waals surface area contributed by atoms with E-state index in [1.54, 1.807) is 5.57 Å². The first kappa shape index (κ1) is 9.09. The van der Waals surface area contributed by atoms with E-state index in [1.165, 1.54) is 29.7 Å². The van der Waals surface area contributed by atoms with E-state index in [0.29, 0.717) is 5.41 Å². The van der Waals surface area contributed by atoms with Gasteiger partial charge >= 0.3 is 0 Å². The number of hydrogen-bond donors (Lipinski definition) is 0. The van der Waals surface area contributed by atoms with Gasteiger partial charge in [-0.3, -0.25) is 0 Å². The van der Waals surface area contributed by atoms with E-state index in [4.69, 9.17) is 4.42 Å². The molecule has 84 valence electrons. The highest BCUT2D eigenvalue weighted by molar-refractivity contribution is 5.40. The Morgan fingerprint density at radius 1 is 1.50 bits per heavy atom. The fraction of sp³-hybridized carbons (Fsp3) is 0.600. The van der Waals surface area contributed by atoms with Crippen LogP contribution < -0.4 is 0 Å². The number of aryl methyl sites for hydroxylation is 1. The van der Waals surface area contributed by atoms with Crippen molar-refractivity contribution in [3.8, 4) is 0 Å². The fourth-order valence-electron chi connectivity index (χ4n) is 4.39. The van der Waals surface area contributed by atoms with Gasteiger partial charge in [0.1, 0.15) is 5.76 Å². The Bertz CT molecular complexity index is 496. The highest BCUT2D eigenvalue weighted by atomic mass is 16.3. The molecule has 2 fully saturated rings. The third-order valence-electron chi connectivity index (χ3n) is 5.50. The SMILES string of the molecule is C=C1[C@H]2C[C@H]2[C@]2(C)Cc3occ(C)c3C[C@H]12. The maximum absolute atomic E-state index is 5.73. The first-order valence-corrected chi connectivity index (χ1v) is 6.36. The molecular formula is C15H18O. The summed E-state index contributed by atoms with van der Waals surface area (Å²) in [6, 6.07) is 0. The second-order valence-electron chi connectivity index (χ2n) is 6.28. The van der Waals surface area contributed by atoms with Crippen molar-refractivity contribution in [1.29, 1.82) is 0 Å². The van der Waals surface area contributed by atoms with Gasteiger partial charge in [-0.15, -0.1) is 0 Å². The van der Waals surface area contributed by atoms with Crippen LogP contribution in [0.3, 0.4) is 0 Å². The summed E-state index contributed by atoms with van der Waals surface area (Å²) in [4.78, 5) is 0. The van der Waals surface area contributed by atoms with E-state index < -0.39 is 0 Å². The van der Waals surface area contributed by atoms with Gasteiger partial charge in [0.2, 0.25) is 0 Å². The molecule has 2 saturated carbocycles. The minimum atomic E-state index is 0.457. The van der Waals surface area contributed by atoms with Crippen LogP contribution >= 0.6 is 0 Å². The maximum Gasteiger partial charge on any atom is 0.107 e. The molecule has 16 heavy (non-hydrogen) atoms. The second kappa shape index (κ2) is 2.47. The molecule has 4 rings (SSSR count). The normalized spacial score (nSPS) is 43.9. The molecule has 0 unspecified atom stereocenters. The lowest BCUT2D eigenvalue weighted by Crippen LogP contribution is -2.34. The first-order chi connectivity index (χ1) is 7.61. The monoisotopic (exact) mass is 214 g/mol. The Kier molecular flexibility index (Phi) is 1.40. The van der Waals surface area contributed by atoms with E-state index in [1.807, 2.05) is 6.26 Å². The molecule has 1 nitrogen and oxygen atoms in total. The summed E-state index contributed by atoms with van der Waals surface area (Å²) in [6.45, 7) is 8.99. The van der Waals surface area contributed by atoms with Crippen LogP contribution in [0, 0.1) is 30.1 Å². The maximum atomic E-state index is 5.73. The summed E-state index contributed by atoms with van der Waals surface area (Å²) in [5, 5.41) is 0. The molecule has 0 radical (unpaired) electrons. The molecule has 0 saturated heterocycles. The van der Waals surface area contributed by atoms with Gasteiger partial charge < -0.3 is 4.42 Å². The smallest absolute Gasteiger partial charge is 0.107 e. The standard InChI is InChI=1S/C15H18O/c1-8-7-16-14-6-15(3)12(4-10(8)14)9(2)11-5-13(11)15/h7,11-13H,2,4-6H2,1,3H3/t11-,12-,13-,15-/m1/s1.